The van der Waals surface area contributed by atoms with Gasteiger partial charge in [0.25, 0.3) is 0 Å². The normalized spacial score (nSPS) is 11.6. The maximum Gasteiger partial charge on any atom is 0.414 e. The number of pyridine rings is 2. The van der Waals surface area contributed by atoms with E-state index in [9.17, 15) is 4.79 Å². The molecule has 0 unspecified atom stereocenters. The number of nitrogens with two attached hydrogens (primary N) is 1. The highest BCUT2D eigenvalue weighted by Crippen LogP contribution is 2.37. The summed E-state index contributed by atoms with van der Waals surface area (Å²) in [5.74, 6) is -0.285. The number of fused-ring (bicyclic) bond motifs is 1. The van der Waals surface area contributed by atoms with Crippen molar-refractivity contribution in [2.45, 2.75) is 33.3 Å². The largest absolute Gasteiger partial charge is 0.443 e. The Kier molecular flexibility index (Phi) is 5.36. The Bertz CT molecular complexity index is 1110. The SMILES string of the molecule is Cc1c(-c2cc3cc(N)ncc3c(Cl)c2F)cncc1N(C)C(=O)OC(C)(C)C. The minimum atomic E-state index is -0.643. The fraction of sp³-hybridized carbons (Fsp3) is 0.286. The number of nitrogens with zero attached hydrogens (tertiary/aromatic N) is 3. The summed E-state index contributed by atoms with van der Waals surface area (Å²) < 4.78 is 20.5. The molecule has 1 amide bonds. The van der Waals surface area contributed by atoms with Gasteiger partial charge >= 0.3 is 6.09 Å². The van der Waals surface area contributed by atoms with Gasteiger partial charge in [-0.05, 0) is 50.8 Å². The van der Waals surface area contributed by atoms with Crippen LogP contribution in [0.3, 0.4) is 0 Å². The molecule has 0 spiro atoms. The quantitative estimate of drug-likeness (QED) is 0.608. The number of nitrogen functional groups attached to an aromatic ring is 1. The van der Waals surface area contributed by atoms with Crippen LogP contribution in [0.1, 0.15) is 26.3 Å². The van der Waals surface area contributed by atoms with E-state index in [0.717, 1.165) is 0 Å². The smallest absolute Gasteiger partial charge is 0.414 e. The molecule has 0 atom stereocenters. The molecular formula is C21H22ClFN4O2. The van der Waals surface area contributed by atoms with E-state index in [-0.39, 0.29) is 10.6 Å². The molecule has 152 valence electrons. The standard InChI is InChI=1S/C21H22ClFN4O2/c1-11-14(8-25-10-16(11)27(5)20(28)29-21(2,3)4)13-6-12-7-17(24)26-9-15(12)18(22)19(13)23/h6-10H,1-5H3,(H2,24,26). The second kappa shape index (κ2) is 7.48. The Morgan fingerprint density at radius 1 is 1.21 bits per heavy atom. The molecule has 0 saturated heterocycles. The van der Waals surface area contributed by atoms with Crippen LogP contribution in [0.25, 0.3) is 21.9 Å². The molecule has 0 fully saturated rings. The summed E-state index contributed by atoms with van der Waals surface area (Å²) in [5.41, 5.74) is 7.05. The maximum absolute atomic E-state index is 15.1. The molecule has 0 aliphatic carbocycles. The number of carbonyl (C=O) groups excluding carboxylic acids is 1. The monoisotopic (exact) mass is 416 g/mol. The highest BCUT2D eigenvalue weighted by molar-refractivity contribution is 6.36. The second-order valence-electron chi connectivity index (χ2n) is 7.75. The van der Waals surface area contributed by atoms with Crippen molar-refractivity contribution in [2.75, 3.05) is 17.7 Å². The number of hydrogen-bond donors (Lipinski definition) is 1. The number of carbonyl (C=O) groups is 1. The van der Waals surface area contributed by atoms with Crippen LogP contribution < -0.4 is 10.6 Å². The molecule has 29 heavy (non-hydrogen) atoms. The number of aromatic nitrogens is 2. The van der Waals surface area contributed by atoms with E-state index in [1.54, 1.807) is 46.9 Å². The molecule has 0 bridgehead atoms. The van der Waals surface area contributed by atoms with Gasteiger partial charge in [0, 0.05) is 36.0 Å². The van der Waals surface area contributed by atoms with E-state index in [1.165, 1.54) is 23.5 Å². The number of benzene rings is 1. The first-order chi connectivity index (χ1) is 13.5. The lowest BCUT2D eigenvalue weighted by Crippen LogP contribution is -2.34. The van der Waals surface area contributed by atoms with Gasteiger partial charge < -0.3 is 10.5 Å². The highest BCUT2D eigenvalue weighted by atomic mass is 35.5. The molecule has 3 rings (SSSR count). The topological polar surface area (TPSA) is 81.3 Å². The van der Waals surface area contributed by atoms with Gasteiger partial charge in [-0.2, -0.15) is 0 Å². The van der Waals surface area contributed by atoms with Crippen LogP contribution in [0.4, 0.5) is 20.7 Å². The van der Waals surface area contributed by atoms with E-state index < -0.39 is 17.5 Å². The molecule has 0 radical (unpaired) electrons. The van der Waals surface area contributed by atoms with Gasteiger partial charge in [0.05, 0.1) is 16.9 Å². The van der Waals surface area contributed by atoms with Crippen molar-refractivity contribution in [3.63, 3.8) is 0 Å². The highest BCUT2D eigenvalue weighted by Gasteiger charge is 2.24. The molecule has 0 saturated carbocycles. The zero-order valence-electron chi connectivity index (χ0n) is 16.9. The Labute approximate surface area is 173 Å². The first-order valence-electron chi connectivity index (χ1n) is 8.94. The first-order valence-corrected chi connectivity index (χ1v) is 9.32. The van der Waals surface area contributed by atoms with Crippen molar-refractivity contribution < 1.29 is 13.9 Å². The summed E-state index contributed by atoms with van der Waals surface area (Å²) in [4.78, 5) is 22.0. The van der Waals surface area contributed by atoms with Crippen molar-refractivity contribution >= 4 is 40.0 Å². The fourth-order valence-electron chi connectivity index (χ4n) is 2.99. The number of rotatable bonds is 2. The van der Waals surface area contributed by atoms with Crippen molar-refractivity contribution in [1.82, 2.24) is 9.97 Å². The van der Waals surface area contributed by atoms with Gasteiger partial charge in [-0.25, -0.2) is 14.2 Å². The lowest BCUT2D eigenvalue weighted by atomic mass is 9.98. The van der Waals surface area contributed by atoms with Gasteiger partial charge in [-0.1, -0.05) is 11.6 Å². The van der Waals surface area contributed by atoms with E-state index in [4.69, 9.17) is 22.1 Å². The van der Waals surface area contributed by atoms with Crippen LogP contribution in [0.2, 0.25) is 5.02 Å². The van der Waals surface area contributed by atoms with E-state index in [0.29, 0.717) is 33.4 Å². The molecule has 0 aliphatic rings. The Hall–Kier alpha value is -2.93. The molecule has 1 aromatic carbocycles. The average molecular weight is 417 g/mol. The molecule has 6 nitrogen and oxygen atoms in total. The maximum atomic E-state index is 15.1. The Morgan fingerprint density at radius 2 is 1.90 bits per heavy atom. The van der Waals surface area contributed by atoms with Crippen molar-refractivity contribution in [3.8, 4) is 11.1 Å². The fourth-order valence-corrected chi connectivity index (χ4v) is 3.25. The number of ether oxygens (including phenoxy) is 1. The molecular weight excluding hydrogens is 395 g/mol. The summed E-state index contributed by atoms with van der Waals surface area (Å²) in [6.45, 7) is 7.14. The summed E-state index contributed by atoms with van der Waals surface area (Å²) in [5, 5.41) is 1.08. The Morgan fingerprint density at radius 3 is 2.55 bits per heavy atom. The second-order valence-corrected chi connectivity index (χ2v) is 8.13. The summed E-state index contributed by atoms with van der Waals surface area (Å²) in [6, 6.07) is 3.28. The van der Waals surface area contributed by atoms with Crippen LogP contribution in [-0.4, -0.2) is 28.7 Å². The van der Waals surface area contributed by atoms with E-state index in [1.807, 2.05) is 0 Å². The van der Waals surface area contributed by atoms with Crippen molar-refractivity contribution in [1.29, 1.82) is 0 Å². The third-order valence-corrected chi connectivity index (χ3v) is 4.80. The van der Waals surface area contributed by atoms with Gasteiger partial charge in [0.1, 0.15) is 17.2 Å². The predicted molar refractivity (Wildman–Crippen MR) is 114 cm³/mol. The minimum Gasteiger partial charge on any atom is -0.443 e. The molecule has 2 aromatic heterocycles. The van der Waals surface area contributed by atoms with Crippen LogP contribution in [0.5, 0.6) is 0 Å². The third kappa shape index (κ3) is 4.10. The first kappa shape index (κ1) is 20.8. The van der Waals surface area contributed by atoms with Gasteiger partial charge in [0.15, 0.2) is 0 Å². The van der Waals surface area contributed by atoms with Crippen molar-refractivity contribution in [2.24, 2.45) is 0 Å². The van der Waals surface area contributed by atoms with Gasteiger partial charge in [0.2, 0.25) is 0 Å². The molecule has 8 heteroatoms. The molecule has 0 aliphatic heterocycles. The van der Waals surface area contributed by atoms with Crippen molar-refractivity contribution in [3.05, 3.63) is 47.1 Å². The Balaban J connectivity index is 2.13. The average Bonchev–Trinajstić information content (AvgIpc) is 2.63. The zero-order valence-corrected chi connectivity index (χ0v) is 17.6. The minimum absolute atomic E-state index is 0.0460. The predicted octanol–water partition coefficient (Wildman–Crippen LogP) is 5.35. The summed E-state index contributed by atoms with van der Waals surface area (Å²) in [6.07, 6.45) is 3.98. The third-order valence-electron chi connectivity index (χ3n) is 4.43. The lowest BCUT2D eigenvalue weighted by Gasteiger charge is -2.26. The van der Waals surface area contributed by atoms with Crippen LogP contribution in [-0.2, 0) is 4.74 Å². The van der Waals surface area contributed by atoms with E-state index in [2.05, 4.69) is 9.97 Å². The number of amides is 1. The van der Waals surface area contributed by atoms with Crippen LogP contribution in [0.15, 0.2) is 30.7 Å². The van der Waals surface area contributed by atoms with Gasteiger partial charge in [-0.3, -0.25) is 9.88 Å². The molecule has 3 aromatic rings. The summed E-state index contributed by atoms with van der Waals surface area (Å²) in [7, 11) is 1.58. The molecule has 2 heterocycles. The number of anilines is 2. The van der Waals surface area contributed by atoms with Crippen LogP contribution >= 0.6 is 11.6 Å². The van der Waals surface area contributed by atoms with Crippen LogP contribution in [0, 0.1) is 12.7 Å². The zero-order chi connectivity index (χ0) is 21.5. The summed E-state index contributed by atoms with van der Waals surface area (Å²) >= 11 is 6.25. The number of halogens is 2. The number of hydrogen-bond acceptors (Lipinski definition) is 5. The van der Waals surface area contributed by atoms with E-state index >= 15 is 4.39 Å². The molecule has 2 N–H and O–H groups in total. The van der Waals surface area contributed by atoms with Gasteiger partial charge in [-0.15, -0.1) is 0 Å². The lowest BCUT2D eigenvalue weighted by molar-refractivity contribution is 0.0589.